The van der Waals surface area contributed by atoms with Gasteiger partial charge in [-0.05, 0) is 32.1 Å². The second kappa shape index (κ2) is 15.5. The highest BCUT2D eigenvalue weighted by Crippen LogP contribution is 2.02. The predicted molar refractivity (Wildman–Crippen MR) is 96.1 cm³/mol. The van der Waals surface area contributed by atoms with Crippen LogP contribution in [0.15, 0.2) is 36.5 Å². The van der Waals surface area contributed by atoms with E-state index in [1.54, 1.807) is 6.08 Å². The van der Waals surface area contributed by atoms with Gasteiger partial charge in [-0.1, -0.05) is 56.2 Å². The Morgan fingerprint density at radius 2 is 1.52 bits per heavy atom. The molecule has 4 heteroatoms. The predicted octanol–water partition coefficient (Wildman–Crippen LogP) is 3.26. The molecule has 0 saturated heterocycles. The van der Waals surface area contributed by atoms with Crippen molar-refractivity contribution in [3.63, 3.8) is 0 Å². The van der Waals surface area contributed by atoms with Crippen LogP contribution >= 0.6 is 0 Å². The van der Waals surface area contributed by atoms with Crippen molar-refractivity contribution in [3.05, 3.63) is 36.5 Å². The summed E-state index contributed by atoms with van der Waals surface area (Å²) in [6.07, 6.45) is 19.1. The van der Waals surface area contributed by atoms with Crippen molar-refractivity contribution in [1.29, 1.82) is 0 Å². The fourth-order valence-corrected chi connectivity index (χ4v) is 2.05. The van der Waals surface area contributed by atoms with E-state index in [0.29, 0.717) is 0 Å². The molecule has 2 atom stereocenters. The average molecular weight is 323 g/mol. The lowest BCUT2D eigenvalue weighted by Crippen LogP contribution is -2.44. The molecule has 3 N–H and O–H groups in total. The fourth-order valence-electron chi connectivity index (χ4n) is 2.05. The maximum absolute atomic E-state index is 10.9. The molecule has 0 heterocycles. The van der Waals surface area contributed by atoms with Crippen molar-refractivity contribution < 1.29 is 15.0 Å². The smallest absolute Gasteiger partial charge is 0.217 e. The van der Waals surface area contributed by atoms with Gasteiger partial charge in [-0.25, -0.2) is 0 Å². The van der Waals surface area contributed by atoms with Gasteiger partial charge in [0, 0.05) is 6.92 Å². The van der Waals surface area contributed by atoms with Crippen molar-refractivity contribution in [2.24, 2.45) is 0 Å². The number of unbranched alkanes of at least 4 members (excludes halogenated alkanes) is 4. The Labute approximate surface area is 141 Å². The molecule has 0 aromatic carbocycles. The third kappa shape index (κ3) is 14.0. The van der Waals surface area contributed by atoms with Gasteiger partial charge in [0.05, 0.1) is 18.8 Å². The van der Waals surface area contributed by atoms with E-state index >= 15 is 0 Å². The molecule has 23 heavy (non-hydrogen) atoms. The lowest BCUT2D eigenvalue weighted by atomic mass is 10.1. The molecule has 0 bridgehead atoms. The maximum atomic E-state index is 10.9. The molecular weight excluding hydrogens is 290 g/mol. The van der Waals surface area contributed by atoms with Crippen LogP contribution in [0.3, 0.4) is 0 Å². The monoisotopic (exact) mass is 323 g/mol. The fraction of sp³-hybridized carbons (Fsp3) is 0.632. The second-order valence-electron chi connectivity index (χ2n) is 5.65. The highest BCUT2D eigenvalue weighted by Gasteiger charge is 2.15. The summed E-state index contributed by atoms with van der Waals surface area (Å²) in [7, 11) is 0. The number of carbonyl (C=O) groups excluding carboxylic acids is 1. The van der Waals surface area contributed by atoms with Gasteiger partial charge >= 0.3 is 0 Å². The summed E-state index contributed by atoms with van der Waals surface area (Å²) >= 11 is 0. The van der Waals surface area contributed by atoms with Crippen molar-refractivity contribution >= 4 is 5.91 Å². The second-order valence-corrected chi connectivity index (χ2v) is 5.65. The quantitative estimate of drug-likeness (QED) is 0.360. The maximum Gasteiger partial charge on any atom is 0.217 e. The molecule has 4 nitrogen and oxygen atoms in total. The lowest BCUT2D eigenvalue weighted by molar-refractivity contribution is -0.120. The molecule has 0 aliphatic carbocycles. The first-order valence-electron chi connectivity index (χ1n) is 8.64. The Morgan fingerprint density at radius 1 is 1.00 bits per heavy atom. The molecular formula is C19H33NO3. The average Bonchev–Trinajstić information content (AvgIpc) is 2.53. The van der Waals surface area contributed by atoms with Gasteiger partial charge in [-0.15, -0.1) is 0 Å². The van der Waals surface area contributed by atoms with E-state index in [-0.39, 0.29) is 12.5 Å². The largest absolute Gasteiger partial charge is 0.394 e. The Bertz CT molecular complexity index is 375. The van der Waals surface area contributed by atoms with Gasteiger partial charge < -0.3 is 15.5 Å². The van der Waals surface area contributed by atoms with Gasteiger partial charge in [0.15, 0.2) is 0 Å². The van der Waals surface area contributed by atoms with Gasteiger partial charge in [0.1, 0.15) is 0 Å². The first kappa shape index (κ1) is 21.6. The third-order valence-electron chi connectivity index (χ3n) is 3.39. The van der Waals surface area contributed by atoms with Crippen LogP contribution in [0.4, 0.5) is 0 Å². The minimum Gasteiger partial charge on any atom is -0.394 e. The molecule has 0 radical (unpaired) electrons. The highest BCUT2D eigenvalue weighted by molar-refractivity contribution is 5.73. The summed E-state index contributed by atoms with van der Waals surface area (Å²) in [5.74, 6) is -0.261. The molecule has 0 aliphatic heterocycles. The Hall–Kier alpha value is -1.39. The SMILES string of the molecule is CCCC/C=C/CC/C=C/CC/C=C/C(O)C(CO)NC(C)=O. The van der Waals surface area contributed by atoms with E-state index < -0.39 is 12.1 Å². The molecule has 0 aromatic rings. The topological polar surface area (TPSA) is 69.6 Å². The van der Waals surface area contributed by atoms with Crippen LogP contribution in [-0.4, -0.2) is 34.9 Å². The minimum atomic E-state index is -0.860. The number of nitrogens with one attached hydrogen (secondary N) is 1. The molecule has 0 aromatic heterocycles. The molecule has 0 saturated carbocycles. The number of aliphatic hydroxyl groups is 2. The summed E-state index contributed by atoms with van der Waals surface area (Å²) in [4.78, 5) is 10.9. The molecule has 0 rings (SSSR count). The Kier molecular flexibility index (Phi) is 14.6. The summed E-state index contributed by atoms with van der Waals surface area (Å²) in [6, 6.07) is -0.640. The van der Waals surface area contributed by atoms with E-state index in [2.05, 4.69) is 36.5 Å². The normalized spacial score (nSPS) is 14.8. The summed E-state index contributed by atoms with van der Waals surface area (Å²) in [5, 5.41) is 21.5. The first-order valence-corrected chi connectivity index (χ1v) is 8.64. The standard InChI is InChI=1S/C19H33NO3/c1-3-4-5-6-7-8-9-10-11-12-13-14-15-19(23)18(16-21)20-17(2)22/h6-7,10-11,14-15,18-19,21,23H,3-5,8-9,12-13,16H2,1-2H3,(H,20,22)/b7-6+,11-10+,15-14+. The summed E-state index contributed by atoms with van der Waals surface area (Å²) in [5.41, 5.74) is 0. The van der Waals surface area contributed by atoms with E-state index in [4.69, 9.17) is 5.11 Å². The molecule has 1 amide bonds. The summed E-state index contributed by atoms with van der Waals surface area (Å²) in [6.45, 7) is 3.29. The van der Waals surface area contributed by atoms with Crippen LogP contribution in [0.25, 0.3) is 0 Å². The van der Waals surface area contributed by atoms with E-state index in [1.807, 2.05) is 6.08 Å². The van der Waals surface area contributed by atoms with E-state index in [1.165, 1.54) is 26.2 Å². The van der Waals surface area contributed by atoms with Crippen molar-refractivity contribution in [3.8, 4) is 0 Å². The van der Waals surface area contributed by atoms with Crippen LogP contribution in [0.5, 0.6) is 0 Å². The highest BCUT2D eigenvalue weighted by atomic mass is 16.3. The molecule has 2 unspecified atom stereocenters. The van der Waals surface area contributed by atoms with Crippen LogP contribution in [0.2, 0.25) is 0 Å². The molecule has 0 aliphatic rings. The number of rotatable bonds is 13. The zero-order valence-electron chi connectivity index (χ0n) is 14.6. The number of hydrogen-bond acceptors (Lipinski definition) is 3. The third-order valence-corrected chi connectivity index (χ3v) is 3.39. The van der Waals surface area contributed by atoms with Crippen LogP contribution in [0.1, 0.15) is 58.8 Å². The minimum absolute atomic E-state index is 0.261. The van der Waals surface area contributed by atoms with Gasteiger partial charge in [-0.3, -0.25) is 4.79 Å². The zero-order valence-corrected chi connectivity index (χ0v) is 14.6. The van der Waals surface area contributed by atoms with Gasteiger partial charge in [0.25, 0.3) is 0 Å². The number of allylic oxidation sites excluding steroid dienone is 5. The van der Waals surface area contributed by atoms with Gasteiger partial charge in [-0.2, -0.15) is 0 Å². The Balaban J connectivity index is 3.74. The molecule has 132 valence electrons. The van der Waals surface area contributed by atoms with Gasteiger partial charge in [0.2, 0.25) is 5.91 Å². The number of amides is 1. The molecule has 0 spiro atoms. The van der Waals surface area contributed by atoms with Crippen LogP contribution < -0.4 is 5.32 Å². The first-order chi connectivity index (χ1) is 11.1. The van der Waals surface area contributed by atoms with Crippen LogP contribution in [-0.2, 0) is 4.79 Å². The van der Waals surface area contributed by atoms with Crippen molar-refractivity contribution in [1.82, 2.24) is 5.32 Å². The van der Waals surface area contributed by atoms with E-state index in [9.17, 15) is 9.90 Å². The Morgan fingerprint density at radius 3 is 2.00 bits per heavy atom. The van der Waals surface area contributed by atoms with Crippen molar-refractivity contribution in [2.45, 2.75) is 70.9 Å². The number of aliphatic hydroxyl groups excluding tert-OH is 2. The number of carbonyl (C=O) groups is 1. The lowest BCUT2D eigenvalue weighted by Gasteiger charge is -2.18. The summed E-state index contributed by atoms with van der Waals surface area (Å²) < 4.78 is 0. The van der Waals surface area contributed by atoms with Crippen molar-refractivity contribution in [2.75, 3.05) is 6.61 Å². The van der Waals surface area contributed by atoms with Crippen LogP contribution in [0, 0.1) is 0 Å². The molecule has 0 fully saturated rings. The number of hydrogen-bond donors (Lipinski definition) is 3. The zero-order chi connectivity index (χ0) is 17.3. The van der Waals surface area contributed by atoms with E-state index in [0.717, 1.165) is 25.7 Å².